The van der Waals surface area contributed by atoms with Gasteiger partial charge in [-0.2, -0.15) is 0 Å². The van der Waals surface area contributed by atoms with Crippen LogP contribution < -0.4 is 5.32 Å². The molecule has 16 heavy (non-hydrogen) atoms. The van der Waals surface area contributed by atoms with Crippen LogP contribution >= 0.6 is 0 Å². The molecule has 1 saturated heterocycles. The van der Waals surface area contributed by atoms with Crippen LogP contribution in [-0.4, -0.2) is 52.0 Å². The number of nitrogens with one attached hydrogen (secondary N) is 1. The minimum absolute atomic E-state index is 0.0479. The first kappa shape index (κ1) is 13.9. The van der Waals surface area contributed by atoms with Crippen LogP contribution in [0.2, 0.25) is 0 Å². The Balaban J connectivity index is 2.60. The van der Waals surface area contributed by atoms with E-state index in [9.17, 15) is 8.42 Å². The Hall–Kier alpha value is -0.170. The molecule has 0 aliphatic carbocycles. The van der Waals surface area contributed by atoms with Gasteiger partial charge in [-0.05, 0) is 20.3 Å². The van der Waals surface area contributed by atoms with Crippen molar-refractivity contribution < 1.29 is 17.9 Å². The molecule has 1 fully saturated rings. The largest absolute Gasteiger partial charge is 0.354 e. The molecule has 0 saturated carbocycles. The number of rotatable bonds is 5. The Labute approximate surface area is 97.4 Å². The lowest BCUT2D eigenvalue weighted by Crippen LogP contribution is -2.52. The van der Waals surface area contributed by atoms with E-state index in [0.29, 0.717) is 6.42 Å². The zero-order chi connectivity index (χ0) is 12.4. The topological polar surface area (TPSA) is 64.6 Å². The van der Waals surface area contributed by atoms with Crippen LogP contribution in [0.15, 0.2) is 0 Å². The normalized spacial score (nSPS) is 30.8. The fraction of sp³-hybridized carbons (Fsp3) is 1.00. The molecule has 2 unspecified atom stereocenters. The average molecular weight is 251 g/mol. The smallest absolute Gasteiger partial charge is 0.171 e. The van der Waals surface area contributed by atoms with Crippen molar-refractivity contribution in [1.29, 1.82) is 0 Å². The molecule has 2 atom stereocenters. The highest BCUT2D eigenvalue weighted by Crippen LogP contribution is 2.24. The maximum absolute atomic E-state index is 11.4. The lowest BCUT2D eigenvalue weighted by atomic mass is 10.0. The summed E-state index contributed by atoms with van der Waals surface area (Å²) in [6, 6.07) is -0.0479. The van der Waals surface area contributed by atoms with Crippen LogP contribution in [0.3, 0.4) is 0 Å². The zero-order valence-corrected chi connectivity index (χ0v) is 11.1. The Morgan fingerprint density at radius 1 is 1.31 bits per heavy atom. The van der Waals surface area contributed by atoms with E-state index >= 15 is 0 Å². The quantitative estimate of drug-likeness (QED) is 0.705. The summed E-state index contributed by atoms with van der Waals surface area (Å²) in [4.78, 5) is 0. The SMILES string of the molecule is COC(OC)C(C)NC1(C)CCS(=O)(=O)C1. The van der Waals surface area contributed by atoms with E-state index in [1.54, 1.807) is 14.2 Å². The van der Waals surface area contributed by atoms with Crippen LogP contribution in [0, 0.1) is 0 Å². The summed E-state index contributed by atoms with van der Waals surface area (Å²) in [5.74, 6) is 0.443. The molecule has 6 heteroatoms. The van der Waals surface area contributed by atoms with E-state index in [-0.39, 0.29) is 29.4 Å². The lowest BCUT2D eigenvalue weighted by Gasteiger charge is -2.31. The minimum Gasteiger partial charge on any atom is -0.354 e. The number of ether oxygens (including phenoxy) is 2. The third-order valence-corrected chi connectivity index (χ3v) is 4.86. The monoisotopic (exact) mass is 251 g/mol. The van der Waals surface area contributed by atoms with Gasteiger partial charge in [0.25, 0.3) is 0 Å². The number of methoxy groups -OCH3 is 2. The van der Waals surface area contributed by atoms with Gasteiger partial charge in [0.1, 0.15) is 0 Å². The highest BCUT2D eigenvalue weighted by Gasteiger charge is 2.39. The Kier molecular flexibility index (Phi) is 4.34. The molecule has 1 aliphatic rings. The summed E-state index contributed by atoms with van der Waals surface area (Å²) < 4.78 is 33.1. The van der Waals surface area contributed by atoms with Gasteiger partial charge >= 0.3 is 0 Å². The predicted octanol–water partition coefficient (Wildman–Crippen LogP) is 0.161. The van der Waals surface area contributed by atoms with Crippen LogP contribution in [-0.2, 0) is 19.3 Å². The molecule has 0 bridgehead atoms. The Morgan fingerprint density at radius 3 is 2.25 bits per heavy atom. The van der Waals surface area contributed by atoms with Crippen molar-refractivity contribution in [3.8, 4) is 0 Å². The van der Waals surface area contributed by atoms with Crippen molar-refractivity contribution in [3.63, 3.8) is 0 Å². The van der Waals surface area contributed by atoms with Gasteiger partial charge in [0.2, 0.25) is 0 Å². The minimum atomic E-state index is -2.88. The molecular formula is C10H21NO4S. The van der Waals surface area contributed by atoms with Gasteiger partial charge in [0.15, 0.2) is 16.1 Å². The number of sulfone groups is 1. The van der Waals surface area contributed by atoms with E-state index in [2.05, 4.69) is 5.32 Å². The molecule has 0 aromatic carbocycles. The average Bonchev–Trinajstić information content (AvgIpc) is 2.42. The molecule has 1 aliphatic heterocycles. The maximum atomic E-state index is 11.4. The fourth-order valence-electron chi connectivity index (χ4n) is 2.25. The Morgan fingerprint density at radius 2 is 1.88 bits per heavy atom. The molecule has 1 rings (SSSR count). The molecule has 0 amide bonds. The van der Waals surface area contributed by atoms with Crippen LogP contribution in [0.5, 0.6) is 0 Å². The summed E-state index contributed by atoms with van der Waals surface area (Å²) in [6.45, 7) is 3.85. The highest BCUT2D eigenvalue weighted by molar-refractivity contribution is 7.91. The van der Waals surface area contributed by atoms with Gasteiger partial charge in [0.05, 0.1) is 17.5 Å². The fourth-order valence-corrected chi connectivity index (χ4v) is 4.35. The number of hydrogen-bond acceptors (Lipinski definition) is 5. The molecular weight excluding hydrogens is 230 g/mol. The van der Waals surface area contributed by atoms with E-state index < -0.39 is 9.84 Å². The van der Waals surface area contributed by atoms with Gasteiger partial charge < -0.3 is 14.8 Å². The van der Waals surface area contributed by atoms with Crippen LogP contribution in [0.4, 0.5) is 0 Å². The molecule has 5 nitrogen and oxygen atoms in total. The highest BCUT2D eigenvalue weighted by atomic mass is 32.2. The van der Waals surface area contributed by atoms with E-state index in [1.807, 2.05) is 13.8 Å². The predicted molar refractivity (Wildman–Crippen MR) is 62.1 cm³/mol. The van der Waals surface area contributed by atoms with Gasteiger partial charge in [-0.25, -0.2) is 8.42 Å². The summed E-state index contributed by atoms with van der Waals surface area (Å²) in [6.07, 6.45) is 0.278. The van der Waals surface area contributed by atoms with Gasteiger partial charge in [-0.15, -0.1) is 0 Å². The van der Waals surface area contributed by atoms with E-state index in [4.69, 9.17) is 9.47 Å². The Bertz CT molecular complexity index is 326. The second kappa shape index (κ2) is 5.00. The van der Waals surface area contributed by atoms with Crippen molar-refractivity contribution in [2.24, 2.45) is 0 Å². The molecule has 0 aromatic rings. The van der Waals surface area contributed by atoms with E-state index in [0.717, 1.165) is 0 Å². The first-order valence-electron chi connectivity index (χ1n) is 5.36. The molecule has 0 radical (unpaired) electrons. The summed E-state index contributed by atoms with van der Waals surface area (Å²) in [5, 5.41) is 3.28. The van der Waals surface area contributed by atoms with Crippen molar-refractivity contribution in [3.05, 3.63) is 0 Å². The van der Waals surface area contributed by atoms with Crippen LogP contribution in [0.1, 0.15) is 20.3 Å². The second-order valence-corrected chi connectivity index (χ2v) is 6.86. The zero-order valence-electron chi connectivity index (χ0n) is 10.3. The summed E-state index contributed by atoms with van der Waals surface area (Å²) >= 11 is 0. The molecule has 0 aromatic heterocycles. The van der Waals surface area contributed by atoms with Crippen molar-refractivity contribution in [2.45, 2.75) is 38.1 Å². The van der Waals surface area contributed by atoms with E-state index in [1.165, 1.54) is 0 Å². The third-order valence-electron chi connectivity index (χ3n) is 2.95. The van der Waals surface area contributed by atoms with Gasteiger partial charge in [-0.3, -0.25) is 0 Å². The molecule has 1 N–H and O–H groups in total. The van der Waals surface area contributed by atoms with Gasteiger partial charge in [0, 0.05) is 19.8 Å². The third kappa shape index (κ3) is 3.41. The standard InChI is InChI=1S/C10H21NO4S/c1-8(9(14-3)15-4)11-10(2)5-6-16(12,13)7-10/h8-9,11H,5-7H2,1-4H3. The molecule has 0 spiro atoms. The molecule has 1 heterocycles. The summed E-state index contributed by atoms with van der Waals surface area (Å²) in [7, 11) is 0.256. The first-order chi connectivity index (χ1) is 7.32. The van der Waals surface area contributed by atoms with Gasteiger partial charge in [-0.1, -0.05) is 0 Å². The maximum Gasteiger partial charge on any atom is 0.171 e. The second-order valence-electron chi connectivity index (χ2n) is 4.68. The van der Waals surface area contributed by atoms with Crippen molar-refractivity contribution in [2.75, 3.05) is 25.7 Å². The lowest BCUT2D eigenvalue weighted by molar-refractivity contribution is -0.122. The van der Waals surface area contributed by atoms with Crippen molar-refractivity contribution in [1.82, 2.24) is 5.32 Å². The molecule has 96 valence electrons. The van der Waals surface area contributed by atoms with Crippen LogP contribution in [0.25, 0.3) is 0 Å². The number of hydrogen-bond donors (Lipinski definition) is 1. The van der Waals surface area contributed by atoms with Crippen molar-refractivity contribution >= 4 is 9.84 Å². The first-order valence-corrected chi connectivity index (χ1v) is 7.18. The summed E-state index contributed by atoms with van der Waals surface area (Å²) in [5.41, 5.74) is -0.367.